The Morgan fingerprint density at radius 1 is 1.28 bits per heavy atom. The fourth-order valence-corrected chi connectivity index (χ4v) is 2.32. The molecule has 0 aliphatic heterocycles. The van der Waals surface area contributed by atoms with Gasteiger partial charge in [-0.3, -0.25) is 14.9 Å². The molecule has 0 unspecified atom stereocenters. The van der Waals surface area contributed by atoms with E-state index in [9.17, 15) is 9.18 Å². The number of anilines is 2. The van der Waals surface area contributed by atoms with Gasteiger partial charge in [-0.05, 0) is 12.5 Å². The highest BCUT2D eigenvalue weighted by Gasteiger charge is 2.11. The molecule has 128 valence electrons. The number of pyridine rings is 1. The third kappa shape index (κ3) is 3.94. The second-order valence-corrected chi connectivity index (χ2v) is 5.49. The van der Waals surface area contributed by atoms with Gasteiger partial charge in [0, 0.05) is 30.5 Å². The number of H-pyrrole nitrogens is 1. The molecule has 4 N–H and O–H groups in total. The molecule has 0 radical (unpaired) electrons. The van der Waals surface area contributed by atoms with Crippen LogP contribution in [0.15, 0.2) is 30.7 Å². The minimum atomic E-state index is -0.504. The molecule has 1 amide bonds. The van der Waals surface area contributed by atoms with Gasteiger partial charge in [0.25, 0.3) is 0 Å². The van der Waals surface area contributed by atoms with Crippen LogP contribution >= 0.6 is 0 Å². The maximum Gasteiger partial charge on any atom is 0.225 e. The summed E-state index contributed by atoms with van der Waals surface area (Å²) in [5, 5.41) is 17.2. The summed E-state index contributed by atoms with van der Waals surface area (Å²) >= 11 is 0. The van der Waals surface area contributed by atoms with Crippen molar-refractivity contribution in [2.75, 3.05) is 11.1 Å². The minimum Gasteiger partial charge on any atom is -0.397 e. The predicted octanol–water partition coefficient (Wildman–Crippen LogP) is 1.86. The van der Waals surface area contributed by atoms with E-state index < -0.39 is 5.82 Å². The van der Waals surface area contributed by atoms with Crippen LogP contribution in [0.1, 0.15) is 17.7 Å². The van der Waals surface area contributed by atoms with Crippen LogP contribution in [-0.2, 0) is 11.2 Å². The first-order valence-corrected chi connectivity index (χ1v) is 7.56. The van der Waals surface area contributed by atoms with Crippen LogP contribution in [0, 0.1) is 12.7 Å². The number of aryl methyl sites for hydroxylation is 2. The summed E-state index contributed by atoms with van der Waals surface area (Å²) in [4.78, 5) is 15.9. The molecule has 0 atom stereocenters. The van der Waals surface area contributed by atoms with Crippen molar-refractivity contribution < 1.29 is 9.18 Å². The van der Waals surface area contributed by atoms with Crippen LogP contribution in [0.5, 0.6) is 0 Å². The molecule has 0 aromatic carbocycles. The highest BCUT2D eigenvalue weighted by Crippen LogP contribution is 2.21. The van der Waals surface area contributed by atoms with Crippen molar-refractivity contribution in [3.05, 3.63) is 47.8 Å². The Balaban J connectivity index is 1.61. The van der Waals surface area contributed by atoms with E-state index in [0.29, 0.717) is 17.9 Å². The Kier molecular flexibility index (Phi) is 4.64. The Morgan fingerprint density at radius 3 is 2.84 bits per heavy atom. The molecule has 0 bridgehead atoms. The third-order valence-corrected chi connectivity index (χ3v) is 3.62. The smallest absolute Gasteiger partial charge is 0.225 e. The Hall–Kier alpha value is -3.36. The number of nitrogens with zero attached hydrogens (tertiary/aromatic N) is 4. The maximum atomic E-state index is 13.0. The van der Waals surface area contributed by atoms with Crippen molar-refractivity contribution in [3.63, 3.8) is 0 Å². The summed E-state index contributed by atoms with van der Waals surface area (Å²) in [7, 11) is 0. The first-order valence-electron chi connectivity index (χ1n) is 7.56. The lowest BCUT2D eigenvalue weighted by Gasteiger charge is -2.04. The van der Waals surface area contributed by atoms with Crippen molar-refractivity contribution in [1.82, 2.24) is 25.4 Å². The molecule has 0 aliphatic rings. The first kappa shape index (κ1) is 16.5. The topological polar surface area (TPSA) is 122 Å². The van der Waals surface area contributed by atoms with Crippen LogP contribution in [0.3, 0.4) is 0 Å². The minimum absolute atomic E-state index is 0.154. The van der Waals surface area contributed by atoms with Gasteiger partial charge in [0.15, 0.2) is 5.82 Å². The van der Waals surface area contributed by atoms with Crippen LogP contribution in [-0.4, -0.2) is 31.3 Å². The average molecular weight is 341 g/mol. The molecule has 9 heteroatoms. The van der Waals surface area contributed by atoms with Crippen LogP contribution in [0.2, 0.25) is 0 Å². The SMILES string of the molecule is Cc1cnncc1-c1cc(NC(=O)CCc2ncc(F)cc2N)n[nH]1. The van der Waals surface area contributed by atoms with Crippen molar-refractivity contribution in [2.24, 2.45) is 0 Å². The van der Waals surface area contributed by atoms with E-state index in [1.54, 1.807) is 18.5 Å². The molecule has 0 saturated heterocycles. The summed E-state index contributed by atoms with van der Waals surface area (Å²) in [6.45, 7) is 1.91. The number of nitrogens with two attached hydrogens (primary N) is 1. The van der Waals surface area contributed by atoms with E-state index >= 15 is 0 Å². The Morgan fingerprint density at radius 2 is 2.08 bits per heavy atom. The van der Waals surface area contributed by atoms with Gasteiger partial charge in [-0.2, -0.15) is 15.3 Å². The van der Waals surface area contributed by atoms with E-state index in [1.165, 1.54) is 6.07 Å². The molecule has 25 heavy (non-hydrogen) atoms. The fourth-order valence-electron chi connectivity index (χ4n) is 2.32. The summed E-state index contributed by atoms with van der Waals surface area (Å²) < 4.78 is 13.0. The van der Waals surface area contributed by atoms with Gasteiger partial charge in [0.05, 0.1) is 35.7 Å². The molecular formula is C16H16FN7O. The fraction of sp³-hybridized carbons (Fsp3) is 0.188. The summed E-state index contributed by atoms with van der Waals surface area (Å²) in [5.74, 6) is -0.347. The van der Waals surface area contributed by atoms with Crippen molar-refractivity contribution in [1.29, 1.82) is 0 Å². The standard InChI is InChI=1S/C16H16FN7O/c1-9-6-20-21-8-11(9)14-5-15(24-23-14)22-16(25)3-2-13-12(18)4-10(17)7-19-13/h4-8H,2-3,18H2,1H3,(H2,22,23,24,25). The third-order valence-electron chi connectivity index (χ3n) is 3.62. The zero-order valence-electron chi connectivity index (χ0n) is 13.5. The first-order chi connectivity index (χ1) is 12.0. The normalized spacial score (nSPS) is 10.6. The number of hydrogen-bond acceptors (Lipinski definition) is 6. The highest BCUT2D eigenvalue weighted by atomic mass is 19.1. The highest BCUT2D eigenvalue weighted by molar-refractivity contribution is 5.90. The summed E-state index contributed by atoms with van der Waals surface area (Å²) in [6, 6.07) is 2.90. The van der Waals surface area contributed by atoms with E-state index in [4.69, 9.17) is 5.73 Å². The van der Waals surface area contributed by atoms with Gasteiger partial charge < -0.3 is 11.1 Å². The Labute approximate surface area is 142 Å². The predicted molar refractivity (Wildman–Crippen MR) is 89.9 cm³/mol. The molecule has 0 aliphatic carbocycles. The van der Waals surface area contributed by atoms with Gasteiger partial charge in [0.1, 0.15) is 5.82 Å². The average Bonchev–Trinajstić information content (AvgIpc) is 3.02. The number of rotatable bonds is 5. The van der Waals surface area contributed by atoms with E-state index in [2.05, 4.69) is 30.7 Å². The molecule has 3 aromatic rings. The number of carbonyl (C=O) groups is 1. The zero-order valence-corrected chi connectivity index (χ0v) is 13.5. The van der Waals surface area contributed by atoms with Crippen LogP contribution in [0.25, 0.3) is 11.3 Å². The second-order valence-electron chi connectivity index (χ2n) is 5.49. The molecule has 3 aromatic heterocycles. The molecule has 8 nitrogen and oxygen atoms in total. The molecule has 0 fully saturated rings. The van der Waals surface area contributed by atoms with Crippen LogP contribution < -0.4 is 11.1 Å². The zero-order chi connectivity index (χ0) is 17.8. The molecule has 0 saturated carbocycles. The van der Waals surface area contributed by atoms with E-state index in [1.807, 2.05) is 6.92 Å². The number of hydrogen-bond donors (Lipinski definition) is 3. The summed E-state index contributed by atoms with van der Waals surface area (Å²) in [5.41, 5.74) is 8.92. The molecular weight excluding hydrogens is 325 g/mol. The Bertz CT molecular complexity index is 909. The number of nitrogen functional groups attached to an aromatic ring is 1. The molecule has 3 rings (SSSR count). The van der Waals surface area contributed by atoms with Gasteiger partial charge in [-0.15, -0.1) is 0 Å². The number of amides is 1. The second kappa shape index (κ2) is 7.04. The van der Waals surface area contributed by atoms with Gasteiger partial charge in [0.2, 0.25) is 5.91 Å². The number of carbonyl (C=O) groups excluding carboxylic acids is 1. The summed E-state index contributed by atoms with van der Waals surface area (Å²) in [6.07, 6.45) is 4.81. The largest absolute Gasteiger partial charge is 0.397 e. The van der Waals surface area contributed by atoms with Gasteiger partial charge >= 0.3 is 0 Å². The van der Waals surface area contributed by atoms with Crippen LogP contribution in [0.4, 0.5) is 15.9 Å². The van der Waals surface area contributed by atoms with Crippen molar-refractivity contribution in [2.45, 2.75) is 19.8 Å². The van der Waals surface area contributed by atoms with E-state index in [0.717, 1.165) is 23.0 Å². The van der Waals surface area contributed by atoms with Gasteiger partial charge in [-0.1, -0.05) is 0 Å². The van der Waals surface area contributed by atoms with Crippen molar-refractivity contribution in [3.8, 4) is 11.3 Å². The van der Waals surface area contributed by atoms with Gasteiger partial charge in [-0.25, -0.2) is 4.39 Å². The number of aromatic nitrogens is 5. The lowest BCUT2D eigenvalue weighted by atomic mass is 10.1. The van der Waals surface area contributed by atoms with Crippen molar-refractivity contribution >= 4 is 17.4 Å². The monoisotopic (exact) mass is 341 g/mol. The number of nitrogens with one attached hydrogen (secondary N) is 2. The maximum absolute atomic E-state index is 13.0. The lowest BCUT2D eigenvalue weighted by molar-refractivity contribution is -0.116. The number of aromatic amines is 1. The quantitative estimate of drug-likeness (QED) is 0.651. The lowest BCUT2D eigenvalue weighted by Crippen LogP contribution is -2.13. The molecule has 0 spiro atoms. The van der Waals surface area contributed by atoms with E-state index in [-0.39, 0.29) is 18.0 Å². The number of halogens is 1. The molecule has 3 heterocycles.